The van der Waals surface area contributed by atoms with E-state index >= 15 is 0 Å². The lowest BCUT2D eigenvalue weighted by Crippen LogP contribution is -2.63. The zero-order chi connectivity index (χ0) is 26.9. The van der Waals surface area contributed by atoms with E-state index in [2.05, 4.69) is 17.1 Å². The van der Waals surface area contributed by atoms with Gasteiger partial charge in [0.25, 0.3) is 0 Å². The van der Waals surface area contributed by atoms with Gasteiger partial charge >= 0.3 is 24.1 Å². The van der Waals surface area contributed by atoms with Crippen molar-refractivity contribution < 1.29 is 42.6 Å². The lowest BCUT2D eigenvalue weighted by molar-refractivity contribution is -0.166. The Morgan fingerprint density at radius 2 is 1.81 bits per heavy atom. The first-order valence-electron chi connectivity index (χ1n) is 11.8. The molecule has 2 amide bonds. The molecule has 1 atom stereocenters. The summed E-state index contributed by atoms with van der Waals surface area (Å²) in [5.41, 5.74) is -2.35. The van der Waals surface area contributed by atoms with Crippen LogP contribution in [0.15, 0.2) is 23.4 Å². The van der Waals surface area contributed by atoms with E-state index in [-0.39, 0.29) is 19.8 Å². The Kier molecular flexibility index (Phi) is 9.88. The molecule has 1 saturated heterocycles. The number of rotatable bonds is 10. The standard InChI is InChI=1S/C24H35N3O9/c1-7-13-34-21(30)25-24(19(28)32-8-2,20(29)33-9-3)14-16-15-35-26-18(16)17-11-10-12-27(17)22(31)36-23(4,5)6/h7,15,17H,1,8-14H2,2-6H3,(H,25,30). The highest BCUT2D eigenvalue weighted by molar-refractivity contribution is 6.07. The van der Waals surface area contributed by atoms with Crippen molar-refractivity contribution in [3.8, 4) is 0 Å². The molecule has 2 heterocycles. The van der Waals surface area contributed by atoms with Crippen molar-refractivity contribution in [3.63, 3.8) is 0 Å². The van der Waals surface area contributed by atoms with Gasteiger partial charge in [-0.3, -0.25) is 10.2 Å². The lowest BCUT2D eigenvalue weighted by atomic mass is 9.89. The highest BCUT2D eigenvalue weighted by Gasteiger charge is 2.52. The van der Waals surface area contributed by atoms with Crippen molar-refractivity contribution in [3.05, 3.63) is 30.2 Å². The molecule has 0 radical (unpaired) electrons. The van der Waals surface area contributed by atoms with E-state index in [1.54, 1.807) is 34.6 Å². The second-order valence-corrected chi connectivity index (χ2v) is 9.09. The van der Waals surface area contributed by atoms with Gasteiger partial charge in [0.1, 0.15) is 24.2 Å². The zero-order valence-electron chi connectivity index (χ0n) is 21.5. The topological polar surface area (TPSA) is 146 Å². The van der Waals surface area contributed by atoms with Crippen LogP contribution in [0.25, 0.3) is 0 Å². The Morgan fingerprint density at radius 3 is 2.36 bits per heavy atom. The quantitative estimate of drug-likeness (QED) is 0.216. The van der Waals surface area contributed by atoms with Gasteiger partial charge in [-0.15, -0.1) is 0 Å². The Labute approximate surface area is 210 Å². The molecule has 0 aliphatic carbocycles. The third-order valence-corrected chi connectivity index (χ3v) is 5.22. The second-order valence-electron chi connectivity index (χ2n) is 9.09. The SMILES string of the molecule is C=CCOC(=O)NC(Cc1conc1C1CCCN1C(=O)OC(C)(C)C)(C(=O)OCC)C(=O)OCC. The maximum absolute atomic E-state index is 13.1. The summed E-state index contributed by atoms with van der Waals surface area (Å²) in [6, 6.07) is -0.525. The van der Waals surface area contributed by atoms with Crippen molar-refractivity contribution in [1.29, 1.82) is 0 Å². The summed E-state index contributed by atoms with van der Waals surface area (Å²) in [7, 11) is 0. The zero-order valence-corrected chi connectivity index (χ0v) is 21.5. The maximum atomic E-state index is 13.1. The molecule has 1 aromatic rings. The number of nitrogens with one attached hydrogen (secondary N) is 1. The van der Waals surface area contributed by atoms with Crippen LogP contribution in [0.2, 0.25) is 0 Å². The van der Waals surface area contributed by atoms with E-state index in [1.807, 2.05) is 0 Å². The van der Waals surface area contributed by atoms with Gasteiger partial charge in [0.15, 0.2) is 0 Å². The smallest absolute Gasteiger partial charge is 0.410 e. The predicted molar refractivity (Wildman–Crippen MR) is 126 cm³/mol. The summed E-state index contributed by atoms with van der Waals surface area (Å²) in [4.78, 5) is 53.1. The van der Waals surface area contributed by atoms with Crippen molar-refractivity contribution in [2.45, 2.75) is 71.1 Å². The summed E-state index contributed by atoms with van der Waals surface area (Å²) in [6.07, 6.45) is 1.84. The molecule has 12 heteroatoms. The fourth-order valence-corrected chi connectivity index (χ4v) is 3.78. The minimum Gasteiger partial charge on any atom is -0.464 e. The summed E-state index contributed by atoms with van der Waals surface area (Å²) < 4.78 is 26.0. The van der Waals surface area contributed by atoms with Crippen LogP contribution in [0.4, 0.5) is 9.59 Å². The number of hydrogen-bond donors (Lipinski definition) is 1. The van der Waals surface area contributed by atoms with Gasteiger partial charge in [0, 0.05) is 18.5 Å². The second kappa shape index (κ2) is 12.4. The minimum atomic E-state index is -2.29. The number of ether oxygens (including phenoxy) is 4. The fraction of sp³-hybridized carbons (Fsp3) is 0.625. The van der Waals surface area contributed by atoms with Crippen LogP contribution in [0.5, 0.6) is 0 Å². The first-order chi connectivity index (χ1) is 17.0. The molecular weight excluding hydrogens is 474 g/mol. The fourth-order valence-electron chi connectivity index (χ4n) is 3.78. The molecule has 12 nitrogen and oxygen atoms in total. The number of aromatic nitrogens is 1. The number of alkyl carbamates (subject to hydrolysis) is 1. The monoisotopic (exact) mass is 509 g/mol. The molecule has 1 fully saturated rings. The van der Waals surface area contributed by atoms with Gasteiger partial charge in [-0.2, -0.15) is 0 Å². The van der Waals surface area contributed by atoms with E-state index in [1.165, 1.54) is 17.2 Å². The third kappa shape index (κ3) is 6.98. The molecule has 2 rings (SSSR count). The molecular formula is C24H35N3O9. The Balaban J connectivity index is 2.47. The first kappa shape index (κ1) is 28.7. The summed E-state index contributed by atoms with van der Waals surface area (Å²) >= 11 is 0. The average Bonchev–Trinajstić information content (AvgIpc) is 3.45. The predicted octanol–water partition coefficient (Wildman–Crippen LogP) is 3.07. The number of esters is 2. The maximum Gasteiger partial charge on any atom is 0.410 e. The molecule has 0 aromatic carbocycles. The van der Waals surface area contributed by atoms with Crippen LogP contribution in [-0.2, 0) is 35.0 Å². The molecule has 200 valence electrons. The number of likely N-dealkylation sites (tertiary alicyclic amines) is 1. The van der Waals surface area contributed by atoms with Crippen LogP contribution < -0.4 is 5.32 Å². The highest BCUT2D eigenvalue weighted by atomic mass is 16.6. The van der Waals surface area contributed by atoms with Crippen molar-refractivity contribution in [2.75, 3.05) is 26.4 Å². The molecule has 36 heavy (non-hydrogen) atoms. The average molecular weight is 510 g/mol. The van der Waals surface area contributed by atoms with Crippen molar-refractivity contribution in [2.24, 2.45) is 0 Å². The van der Waals surface area contributed by atoms with E-state index < -0.39 is 47.7 Å². The number of hydrogen-bond acceptors (Lipinski definition) is 10. The van der Waals surface area contributed by atoms with Gasteiger partial charge in [-0.1, -0.05) is 17.8 Å². The van der Waals surface area contributed by atoms with Crippen LogP contribution in [0.1, 0.15) is 64.8 Å². The molecule has 0 bridgehead atoms. The van der Waals surface area contributed by atoms with Gasteiger partial charge in [0.05, 0.1) is 19.3 Å². The molecule has 1 aliphatic rings. The summed E-state index contributed by atoms with van der Waals surface area (Å²) in [5, 5.41) is 6.39. The van der Waals surface area contributed by atoms with Gasteiger partial charge in [-0.25, -0.2) is 19.2 Å². The number of carbonyl (C=O) groups excluding carboxylic acids is 4. The first-order valence-corrected chi connectivity index (χ1v) is 11.8. The highest BCUT2D eigenvalue weighted by Crippen LogP contribution is 2.35. The molecule has 1 unspecified atom stereocenters. The van der Waals surface area contributed by atoms with E-state index in [0.717, 1.165) is 0 Å². The van der Waals surface area contributed by atoms with Crippen LogP contribution in [-0.4, -0.2) is 71.7 Å². The largest absolute Gasteiger partial charge is 0.464 e. The molecule has 0 saturated carbocycles. The Hall–Kier alpha value is -3.57. The van der Waals surface area contributed by atoms with Crippen molar-refractivity contribution in [1.82, 2.24) is 15.4 Å². The Morgan fingerprint density at radius 1 is 1.17 bits per heavy atom. The lowest BCUT2D eigenvalue weighted by Gasteiger charge is -2.30. The Bertz CT molecular complexity index is 933. The van der Waals surface area contributed by atoms with Crippen LogP contribution in [0.3, 0.4) is 0 Å². The van der Waals surface area contributed by atoms with E-state index in [0.29, 0.717) is 30.6 Å². The molecule has 0 spiro atoms. The normalized spacial score (nSPS) is 15.7. The van der Waals surface area contributed by atoms with Gasteiger partial charge in [0.2, 0.25) is 5.54 Å². The number of carbonyl (C=O) groups is 4. The van der Waals surface area contributed by atoms with Crippen LogP contribution in [0, 0.1) is 0 Å². The summed E-state index contributed by atoms with van der Waals surface area (Å²) in [6.45, 7) is 12.0. The third-order valence-electron chi connectivity index (χ3n) is 5.22. The molecule has 1 aromatic heterocycles. The van der Waals surface area contributed by atoms with Gasteiger partial charge in [-0.05, 0) is 47.5 Å². The number of amides is 2. The van der Waals surface area contributed by atoms with Crippen LogP contribution >= 0.6 is 0 Å². The van der Waals surface area contributed by atoms with Crippen molar-refractivity contribution >= 4 is 24.1 Å². The van der Waals surface area contributed by atoms with Gasteiger partial charge < -0.3 is 23.5 Å². The summed E-state index contributed by atoms with van der Waals surface area (Å²) in [5.74, 6) is -2.08. The number of nitrogens with zero attached hydrogens (tertiary/aromatic N) is 2. The van der Waals surface area contributed by atoms with E-state index in [9.17, 15) is 19.2 Å². The molecule has 1 aliphatic heterocycles. The minimum absolute atomic E-state index is 0.0606. The molecule has 1 N–H and O–H groups in total. The van der Waals surface area contributed by atoms with E-state index in [4.69, 9.17) is 23.5 Å².